The van der Waals surface area contributed by atoms with E-state index in [2.05, 4.69) is 0 Å². The number of hydrogen-bond donors (Lipinski definition) is 1. The van der Waals surface area contributed by atoms with Gasteiger partial charge in [-0.2, -0.15) is 0 Å². The van der Waals surface area contributed by atoms with Crippen molar-refractivity contribution in [1.82, 2.24) is 0 Å². The lowest BCUT2D eigenvalue weighted by Gasteiger charge is -1.96. The lowest BCUT2D eigenvalue weighted by molar-refractivity contribution is 1.53. The SMILES string of the molecule is CSC(=N)c1ccccc1.I. The van der Waals surface area contributed by atoms with Crippen molar-refractivity contribution >= 4 is 40.8 Å². The molecule has 1 aromatic rings. The van der Waals surface area contributed by atoms with E-state index in [-0.39, 0.29) is 24.0 Å². The van der Waals surface area contributed by atoms with Gasteiger partial charge < -0.3 is 0 Å². The van der Waals surface area contributed by atoms with Crippen LogP contribution in [0.25, 0.3) is 0 Å². The molecule has 1 rings (SSSR count). The summed E-state index contributed by atoms with van der Waals surface area (Å²) in [6.07, 6.45) is 1.91. The summed E-state index contributed by atoms with van der Waals surface area (Å²) in [5.41, 5.74) is 0.995. The Hall–Kier alpha value is -0.0300. The van der Waals surface area contributed by atoms with E-state index in [1.807, 2.05) is 36.6 Å². The van der Waals surface area contributed by atoms with Crippen LogP contribution < -0.4 is 0 Å². The second kappa shape index (κ2) is 5.60. The Morgan fingerprint density at radius 1 is 1.27 bits per heavy atom. The Morgan fingerprint density at radius 3 is 2.27 bits per heavy atom. The van der Waals surface area contributed by atoms with Crippen LogP contribution in [0.4, 0.5) is 0 Å². The molecule has 0 saturated carbocycles. The van der Waals surface area contributed by atoms with Crippen LogP contribution in [0.5, 0.6) is 0 Å². The van der Waals surface area contributed by atoms with E-state index in [1.54, 1.807) is 0 Å². The summed E-state index contributed by atoms with van der Waals surface area (Å²) in [7, 11) is 0. The maximum absolute atomic E-state index is 7.44. The van der Waals surface area contributed by atoms with Gasteiger partial charge in [0.25, 0.3) is 0 Å². The molecule has 0 fully saturated rings. The first-order valence-electron chi connectivity index (χ1n) is 3.02. The maximum atomic E-state index is 7.44. The summed E-state index contributed by atoms with van der Waals surface area (Å²) >= 11 is 1.46. The molecule has 1 aromatic carbocycles. The van der Waals surface area contributed by atoms with Crippen LogP contribution >= 0.6 is 35.7 Å². The van der Waals surface area contributed by atoms with Gasteiger partial charge in [0.1, 0.15) is 0 Å². The van der Waals surface area contributed by atoms with Gasteiger partial charge in [-0.1, -0.05) is 30.3 Å². The van der Waals surface area contributed by atoms with Crippen LogP contribution in [0, 0.1) is 5.41 Å². The second-order valence-electron chi connectivity index (χ2n) is 1.90. The Morgan fingerprint density at radius 2 is 1.82 bits per heavy atom. The highest BCUT2D eigenvalue weighted by Crippen LogP contribution is 2.07. The van der Waals surface area contributed by atoms with E-state index >= 15 is 0 Å². The lowest BCUT2D eigenvalue weighted by Crippen LogP contribution is -1.89. The summed E-state index contributed by atoms with van der Waals surface area (Å²) in [6, 6.07) is 9.73. The minimum absolute atomic E-state index is 0. The van der Waals surface area contributed by atoms with Gasteiger partial charge >= 0.3 is 0 Å². The van der Waals surface area contributed by atoms with Gasteiger partial charge in [0.15, 0.2) is 0 Å². The van der Waals surface area contributed by atoms with Gasteiger partial charge in [0.2, 0.25) is 0 Å². The maximum Gasteiger partial charge on any atom is 0.0939 e. The van der Waals surface area contributed by atoms with Gasteiger partial charge in [0, 0.05) is 5.56 Å². The average molecular weight is 279 g/mol. The molecular formula is C8H10INS. The fourth-order valence-electron chi connectivity index (χ4n) is 0.707. The molecule has 0 radical (unpaired) electrons. The van der Waals surface area contributed by atoms with Crippen molar-refractivity contribution in [2.75, 3.05) is 6.26 Å². The monoisotopic (exact) mass is 279 g/mol. The third-order valence-corrected chi connectivity index (χ3v) is 1.88. The number of thioether (sulfide) groups is 1. The molecule has 0 aliphatic heterocycles. The van der Waals surface area contributed by atoms with Gasteiger partial charge in [-0.15, -0.1) is 35.7 Å². The van der Waals surface area contributed by atoms with E-state index in [0.29, 0.717) is 5.04 Å². The summed E-state index contributed by atoms with van der Waals surface area (Å²) < 4.78 is 0. The van der Waals surface area contributed by atoms with Crippen molar-refractivity contribution in [1.29, 1.82) is 5.41 Å². The Kier molecular flexibility index (Phi) is 5.58. The van der Waals surface area contributed by atoms with E-state index < -0.39 is 0 Å². The van der Waals surface area contributed by atoms with E-state index in [0.717, 1.165) is 5.56 Å². The molecule has 0 bridgehead atoms. The number of rotatable bonds is 1. The van der Waals surface area contributed by atoms with Crippen molar-refractivity contribution in [2.24, 2.45) is 0 Å². The zero-order chi connectivity index (χ0) is 7.40. The standard InChI is InChI=1S/C8H9NS.HI/c1-10-8(9)7-5-3-2-4-6-7;/h2-6,9H,1H3;1H. The molecule has 0 aliphatic carbocycles. The Balaban J connectivity index is 0.000001000. The lowest BCUT2D eigenvalue weighted by atomic mass is 10.2. The van der Waals surface area contributed by atoms with Gasteiger partial charge in [0.05, 0.1) is 5.04 Å². The zero-order valence-electron chi connectivity index (χ0n) is 6.20. The summed E-state index contributed by atoms with van der Waals surface area (Å²) in [5.74, 6) is 0. The molecule has 0 amide bonds. The first-order chi connectivity index (χ1) is 4.84. The van der Waals surface area contributed by atoms with Crippen LogP contribution in [0.15, 0.2) is 30.3 Å². The predicted octanol–water partition coefficient (Wildman–Crippen LogP) is 2.99. The summed E-state index contributed by atoms with van der Waals surface area (Å²) in [4.78, 5) is 0. The van der Waals surface area contributed by atoms with E-state index in [1.165, 1.54) is 11.8 Å². The van der Waals surface area contributed by atoms with E-state index in [9.17, 15) is 0 Å². The highest BCUT2D eigenvalue weighted by molar-refractivity contribution is 14.0. The van der Waals surface area contributed by atoms with Crippen LogP contribution in [-0.4, -0.2) is 11.3 Å². The smallest absolute Gasteiger partial charge is 0.0939 e. The summed E-state index contributed by atoms with van der Waals surface area (Å²) in [5, 5.41) is 8.07. The molecule has 0 saturated heterocycles. The molecule has 1 N–H and O–H groups in total. The molecule has 0 heterocycles. The van der Waals surface area contributed by atoms with Crippen molar-refractivity contribution < 1.29 is 0 Å². The summed E-state index contributed by atoms with van der Waals surface area (Å²) in [6.45, 7) is 0. The molecule has 0 atom stereocenters. The highest BCUT2D eigenvalue weighted by Gasteiger charge is 1.94. The van der Waals surface area contributed by atoms with Crippen molar-refractivity contribution in [3.63, 3.8) is 0 Å². The number of nitrogens with one attached hydrogen (secondary N) is 1. The van der Waals surface area contributed by atoms with Gasteiger partial charge in [-0.05, 0) is 6.26 Å². The van der Waals surface area contributed by atoms with Crippen LogP contribution in [0.2, 0.25) is 0 Å². The molecule has 0 spiro atoms. The molecule has 0 unspecified atom stereocenters. The minimum Gasteiger partial charge on any atom is -0.293 e. The average Bonchev–Trinajstić information content (AvgIpc) is 2.05. The molecule has 60 valence electrons. The fourth-order valence-corrected chi connectivity index (χ4v) is 1.08. The molecule has 0 aliphatic rings. The fraction of sp³-hybridized carbons (Fsp3) is 0.125. The Labute approximate surface area is 88.1 Å². The topological polar surface area (TPSA) is 23.9 Å². The quantitative estimate of drug-likeness (QED) is 0.477. The number of halogens is 1. The molecular weight excluding hydrogens is 269 g/mol. The zero-order valence-corrected chi connectivity index (χ0v) is 9.35. The number of benzene rings is 1. The van der Waals surface area contributed by atoms with Gasteiger partial charge in [-0.3, -0.25) is 5.41 Å². The molecule has 0 aromatic heterocycles. The third kappa shape index (κ3) is 3.25. The van der Waals surface area contributed by atoms with Crippen LogP contribution in [0.3, 0.4) is 0 Å². The van der Waals surface area contributed by atoms with Crippen molar-refractivity contribution in [2.45, 2.75) is 0 Å². The van der Waals surface area contributed by atoms with Gasteiger partial charge in [-0.25, -0.2) is 0 Å². The van der Waals surface area contributed by atoms with Crippen LogP contribution in [-0.2, 0) is 0 Å². The highest BCUT2D eigenvalue weighted by atomic mass is 127. The first kappa shape index (κ1) is 11.0. The van der Waals surface area contributed by atoms with Crippen molar-refractivity contribution in [3.8, 4) is 0 Å². The third-order valence-electron chi connectivity index (χ3n) is 1.24. The van der Waals surface area contributed by atoms with E-state index in [4.69, 9.17) is 5.41 Å². The number of hydrogen-bond acceptors (Lipinski definition) is 2. The molecule has 3 heteroatoms. The Bertz CT molecular complexity index is 223. The largest absolute Gasteiger partial charge is 0.293 e. The minimum atomic E-state index is 0. The normalized spacial score (nSPS) is 8.45. The van der Waals surface area contributed by atoms with Crippen molar-refractivity contribution in [3.05, 3.63) is 35.9 Å². The first-order valence-corrected chi connectivity index (χ1v) is 4.25. The molecule has 1 nitrogen and oxygen atoms in total. The van der Waals surface area contributed by atoms with Crippen LogP contribution in [0.1, 0.15) is 5.56 Å². The predicted molar refractivity (Wildman–Crippen MR) is 62.2 cm³/mol. The second-order valence-corrected chi connectivity index (χ2v) is 2.72. The molecule has 11 heavy (non-hydrogen) atoms.